The van der Waals surface area contributed by atoms with E-state index in [4.69, 9.17) is 0 Å². The molecule has 0 saturated carbocycles. The highest BCUT2D eigenvalue weighted by atomic mass is 16.3. The number of amides is 1. The summed E-state index contributed by atoms with van der Waals surface area (Å²) in [6.07, 6.45) is 4.46. The number of nitrogens with one attached hydrogen (secondary N) is 1. The zero-order valence-corrected chi connectivity index (χ0v) is 12.0. The maximum atomic E-state index is 12.4. The van der Waals surface area contributed by atoms with Gasteiger partial charge in [-0.1, -0.05) is 20.8 Å². The van der Waals surface area contributed by atoms with Crippen molar-refractivity contribution in [2.75, 3.05) is 5.32 Å². The normalized spacial score (nSPS) is 11.4. The van der Waals surface area contributed by atoms with E-state index in [0.29, 0.717) is 16.9 Å². The van der Waals surface area contributed by atoms with E-state index in [9.17, 15) is 9.90 Å². The first-order chi connectivity index (χ1) is 9.29. The molecule has 0 bridgehead atoms. The van der Waals surface area contributed by atoms with E-state index >= 15 is 0 Å². The van der Waals surface area contributed by atoms with E-state index in [2.05, 4.69) is 15.4 Å². The quantitative estimate of drug-likeness (QED) is 0.878. The summed E-state index contributed by atoms with van der Waals surface area (Å²) in [4.78, 5) is 16.1. The van der Waals surface area contributed by atoms with Crippen LogP contribution in [0.1, 0.15) is 36.8 Å². The van der Waals surface area contributed by atoms with E-state index in [0.717, 1.165) is 0 Å². The predicted octanol–water partition coefficient (Wildman–Crippen LogP) is 2.07. The molecular weight excluding hydrogens is 256 g/mol. The van der Waals surface area contributed by atoms with Crippen molar-refractivity contribution in [1.29, 1.82) is 0 Å². The Morgan fingerprint density at radius 2 is 2.10 bits per heavy atom. The lowest BCUT2D eigenvalue weighted by Gasteiger charge is -2.17. The highest BCUT2D eigenvalue weighted by molar-refractivity contribution is 6.05. The Morgan fingerprint density at radius 3 is 2.70 bits per heavy atom. The van der Waals surface area contributed by atoms with E-state index < -0.39 is 0 Å². The molecule has 0 saturated heterocycles. The number of pyridine rings is 1. The molecule has 0 aliphatic heterocycles. The van der Waals surface area contributed by atoms with Crippen molar-refractivity contribution in [3.05, 3.63) is 35.9 Å². The second kappa shape index (κ2) is 4.96. The monoisotopic (exact) mass is 274 g/mol. The summed E-state index contributed by atoms with van der Waals surface area (Å²) in [6.45, 7) is 5.99. The van der Waals surface area contributed by atoms with Gasteiger partial charge in [0.25, 0.3) is 5.91 Å². The van der Waals surface area contributed by atoms with Crippen molar-refractivity contribution in [2.45, 2.75) is 26.2 Å². The van der Waals surface area contributed by atoms with Gasteiger partial charge in [-0.2, -0.15) is 5.10 Å². The van der Waals surface area contributed by atoms with Gasteiger partial charge in [-0.25, -0.2) is 0 Å². The predicted molar refractivity (Wildman–Crippen MR) is 75.8 cm³/mol. The van der Waals surface area contributed by atoms with Gasteiger partial charge >= 0.3 is 0 Å². The summed E-state index contributed by atoms with van der Waals surface area (Å²) >= 11 is 0. The molecule has 1 amide bonds. The molecule has 2 N–H and O–H groups in total. The molecular formula is C14H18N4O2. The zero-order chi connectivity index (χ0) is 14.9. The molecule has 6 heteroatoms. The molecule has 2 aromatic heterocycles. The number of aromatic nitrogens is 3. The number of hydrogen-bond acceptors (Lipinski definition) is 4. The minimum Gasteiger partial charge on any atom is -0.504 e. The Labute approximate surface area is 117 Å². The van der Waals surface area contributed by atoms with E-state index in [1.54, 1.807) is 24.0 Å². The fourth-order valence-corrected chi connectivity index (χ4v) is 1.89. The molecule has 2 heterocycles. The van der Waals surface area contributed by atoms with Crippen LogP contribution < -0.4 is 5.32 Å². The van der Waals surface area contributed by atoms with Gasteiger partial charge in [-0.05, 0) is 6.07 Å². The minimum absolute atomic E-state index is 0.0675. The third-order valence-corrected chi connectivity index (χ3v) is 2.83. The number of carbonyl (C=O) groups excluding carboxylic acids is 1. The third-order valence-electron chi connectivity index (χ3n) is 2.83. The first-order valence-electron chi connectivity index (χ1n) is 6.27. The van der Waals surface area contributed by atoms with Crippen LogP contribution in [-0.4, -0.2) is 25.8 Å². The van der Waals surface area contributed by atoms with Crippen LogP contribution in [-0.2, 0) is 12.5 Å². The molecule has 0 spiro atoms. The average molecular weight is 274 g/mol. The lowest BCUT2D eigenvalue weighted by atomic mass is 9.89. The van der Waals surface area contributed by atoms with Crippen LogP contribution in [0.4, 0.5) is 5.69 Å². The van der Waals surface area contributed by atoms with Gasteiger partial charge in [0.1, 0.15) is 0 Å². The average Bonchev–Trinajstić information content (AvgIpc) is 2.74. The highest BCUT2D eigenvalue weighted by Gasteiger charge is 2.26. The molecule has 0 radical (unpaired) electrons. The smallest absolute Gasteiger partial charge is 0.259 e. The van der Waals surface area contributed by atoms with Crippen molar-refractivity contribution >= 4 is 11.6 Å². The molecule has 0 atom stereocenters. The summed E-state index contributed by atoms with van der Waals surface area (Å²) < 4.78 is 1.61. The number of rotatable bonds is 2. The molecule has 6 nitrogen and oxygen atoms in total. The topological polar surface area (TPSA) is 80.0 Å². The van der Waals surface area contributed by atoms with Gasteiger partial charge in [0.2, 0.25) is 0 Å². The van der Waals surface area contributed by atoms with E-state index in [-0.39, 0.29) is 17.1 Å². The maximum Gasteiger partial charge on any atom is 0.259 e. The van der Waals surface area contributed by atoms with Crippen LogP contribution >= 0.6 is 0 Å². The summed E-state index contributed by atoms with van der Waals surface area (Å²) in [5.74, 6) is -0.369. The number of nitrogens with zero attached hydrogens (tertiary/aromatic N) is 3. The maximum absolute atomic E-state index is 12.4. The summed E-state index contributed by atoms with van der Waals surface area (Å²) in [5.41, 5.74) is 1.30. The largest absolute Gasteiger partial charge is 0.504 e. The van der Waals surface area contributed by atoms with E-state index in [1.807, 2.05) is 20.8 Å². The number of aryl methyl sites for hydroxylation is 1. The SMILES string of the molecule is Cn1cc(C(=O)Nc2ccncc2O)c(C(C)(C)C)n1. The van der Waals surface area contributed by atoms with Crippen LogP contribution in [0.2, 0.25) is 0 Å². The van der Waals surface area contributed by atoms with Crippen LogP contribution in [0.5, 0.6) is 5.75 Å². The van der Waals surface area contributed by atoms with Gasteiger partial charge in [0, 0.05) is 24.9 Å². The fourth-order valence-electron chi connectivity index (χ4n) is 1.89. The Morgan fingerprint density at radius 1 is 1.40 bits per heavy atom. The first kappa shape index (κ1) is 14.0. The molecule has 20 heavy (non-hydrogen) atoms. The summed E-state index contributed by atoms with van der Waals surface area (Å²) in [7, 11) is 1.77. The van der Waals surface area contributed by atoms with Gasteiger partial charge in [0.15, 0.2) is 5.75 Å². The Hall–Kier alpha value is -2.37. The standard InChI is InChI=1S/C14H18N4O2/c1-14(2,3)12-9(8-18(4)17-12)13(20)16-10-5-6-15-7-11(10)19/h5-8,19H,1-4H3,(H,15,16,20). The fraction of sp³-hybridized carbons (Fsp3) is 0.357. The molecule has 0 aliphatic carbocycles. The zero-order valence-electron chi connectivity index (χ0n) is 12.0. The van der Waals surface area contributed by atoms with Crippen LogP contribution in [0.3, 0.4) is 0 Å². The Balaban J connectivity index is 2.33. The second-order valence-electron chi connectivity index (χ2n) is 5.66. The molecule has 106 valence electrons. The molecule has 2 aromatic rings. The van der Waals surface area contributed by atoms with Gasteiger partial charge in [-0.3, -0.25) is 14.5 Å². The number of aromatic hydroxyl groups is 1. The van der Waals surface area contributed by atoms with Gasteiger partial charge in [0.05, 0.1) is 23.1 Å². The van der Waals surface area contributed by atoms with Crippen LogP contribution in [0.25, 0.3) is 0 Å². The second-order valence-corrected chi connectivity index (χ2v) is 5.66. The van der Waals surface area contributed by atoms with Gasteiger partial charge < -0.3 is 10.4 Å². The van der Waals surface area contributed by atoms with Crippen molar-refractivity contribution in [2.24, 2.45) is 7.05 Å². The number of anilines is 1. The Bertz CT molecular complexity index is 641. The van der Waals surface area contributed by atoms with Crippen molar-refractivity contribution in [3.8, 4) is 5.75 Å². The van der Waals surface area contributed by atoms with Crippen LogP contribution in [0.15, 0.2) is 24.7 Å². The molecule has 0 aliphatic rings. The third kappa shape index (κ3) is 2.79. The van der Waals surface area contributed by atoms with Crippen molar-refractivity contribution in [3.63, 3.8) is 0 Å². The molecule has 0 fully saturated rings. The lowest BCUT2D eigenvalue weighted by Crippen LogP contribution is -2.20. The first-order valence-corrected chi connectivity index (χ1v) is 6.27. The van der Waals surface area contributed by atoms with Crippen molar-refractivity contribution in [1.82, 2.24) is 14.8 Å². The summed E-state index contributed by atoms with van der Waals surface area (Å²) in [5, 5.41) is 16.7. The number of hydrogen-bond donors (Lipinski definition) is 2. The van der Waals surface area contributed by atoms with Gasteiger partial charge in [-0.15, -0.1) is 0 Å². The lowest BCUT2D eigenvalue weighted by molar-refractivity contribution is 0.102. The minimum atomic E-state index is -0.301. The van der Waals surface area contributed by atoms with Crippen molar-refractivity contribution < 1.29 is 9.90 Å². The molecule has 2 rings (SSSR count). The molecule has 0 unspecified atom stereocenters. The highest BCUT2D eigenvalue weighted by Crippen LogP contribution is 2.26. The van der Waals surface area contributed by atoms with E-state index in [1.165, 1.54) is 12.4 Å². The molecule has 0 aromatic carbocycles. The number of carbonyl (C=O) groups is 1. The van der Waals surface area contributed by atoms with Crippen LogP contribution in [0, 0.1) is 0 Å². The summed E-state index contributed by atoms with van der Waals surface area (Å²) in [6, 6.07) is 1.54. The Kier molecular flexibility index (Phi) is 3.48.